The molecule has 1 saturated heterocycles. The van der Waals surface area contributed by atoms with E-state index < -0.39 is 0 Å². The van der Waals surface area contributed by atoms with E-state index in [2.05, 4.69) is 24.0 Å². The molecule has 1 aliphatic heterocycles. The summed E-state index contributed by atoms with van der Waals surface area (Å²) in [6, 6.07) is 8.40. The molecular formula is C13H19ClN2S. The van der Waals surface area contributed by atoms with Crippen molar-refractivity contribution in [1.82, 2.24) is 4.90 Å². The normalized spacial score (nSPS) is 23.6. The minimum Gasteiger partial charge on any atom is -0.329 e. The Balaban J connectivity index is 2.12. The maximum Gasteiger partial charge on any atom is 0.0471 e. The molecule has 1 heterocycles. The molecule has 0 aliphatic carbocycles. The Kier molecular flexibility index (Phi) is 4.74. The average molecular weight is 271 g/mol. The summed E-state index contributed by atoms with van der Waals surface area (Å²) in [5.41, 5.74) is 7.21. The molecule has 94 valence electrons. The van der Waals surface area contributed by atoms with Crippen LogP contribution in [0.3, 0.4) is 0 Å². The zero-order chi connectivity index (χ0) is 12.3. The van der Waals surface area contributed by atoms with Crippen LogP contribution in [0.15, 0.2) is 24.3 Å². The molecule has 2 N–H and O–H groups in total. The lowest BCUT2D eigenvalue weighted by molar-refractivity contribution is 0.211. The lowest BCUT2D eigenvalue weighted by Crippen LogP contribution is -2.42. The van der Waals surface area contributed by atoms with Crippen molar-refractivity contribution in [3.05, 3.63) is 34.9 Å². The standard InChI is InChI=1S/C13H19ClN2S/c1-10-9-16(6-7-17-10)13(8-15)11-2-4-12(14)5-3-11/h2-5,10,13H,6-9,15H2,1H3. The van der Waals surface area contributed by atoms with Crippen LogP contribution in [0.25, 0.3) is 0 Å². The van der Waals surface area contributed by atoms with Crippen molar-refractivity contribution in [3.63, 3.8) is 0 Å². The first-order chi connectivity index (χ1) is 8.20. The van der Waals surface area contributed by atoms with Crippen molar-refractivity contribution >= 4 is 23.4 Å². The molecule has 0 radical (unpaired) electrons. The van der Waals surface area contributed by atoms with Crippen LogP contribution in [0.1, 0.15) is 18.5 Å². The molecule has 2 rings (SSSR count). The van der Waals surface area contributed by atoms with Gasteiger partial charge in [-0.15, -0.1) is 0 Å². The fourth-order valence-electron chi connectivity index (χ4n) is 2.31. The average Bonchev–Trinajstić information content (AvgIpc) is 2.33. The fraction of sp³-hybridized carbons (Fsp3) is 0.538. The van der Waals surface area contributed by atoms with Crippen LogP contribution in [-0.2, 0) is 0 Å². The molecular weight excluding hydrogens is 252 g/mol. The van der Waals surface area contributed by atoms with E-state index in [1.807, 2.05) is 23.9 Å². The van der Waals surface area contributed by atoms with Gasteiger partial charge >= 0.3 is 0 Å². The second-order valence-electron chi connectivity index (χ2n) is 4.48. The van der Waals surface area contributed by atoms with Gasteiger partial charge in [-0.05, 0) is 17.7 Å². The van der Waals surface area contributed by atoms with E-state index in [0.29, 0.717) is 17.8 Å². The molecule has 1 aromatic carbocycles. The Morgan fingerprint density at radius 1 is 1.47 bits per heavy atom. The first kappa shape index (κ1) is 13.2. The van der Waals surface area contributed by atoms with Crippen LogP contribution in [0.4, 0.5) is 0 Å². The molecule has 1 fully saturated rings. The monoisotopic (exact) mass is 270 g/mol. The van der Waals surface area contributed by atoms with Gasteiger partial charge in [0.15, 0.2) is 0 Å². The van der Waals surface area contributed by atoms with Crippen molar-refractivity contribution in [3.8, 4) is 0 Å². The van der Waals surface area contributed by atoms with Gasteiger partial charge in [0, 0.05) is 41.7 Å². The summed E-state index contributed by atoms with van der Waals surface area (Å²) in [4.78, 5) is 2.49. The van der Waals surface area contributed by atoms with Crippen LogP contribution in [-0.4, -0.2) is 35.5 Å². The zero-order valence-corrected chi connectivity index (χ0v) is 11.7. The van der Waals surface area contributed by atoms with Gasteiger partial charge < -0.3 is 5.73 Å². The molecule has 2 atom stereocenters. The van der Waals surface area contributed by atoms with Gasteiger partial charge in [0.05, 0.1) is 0 Å². The van der Waals surface area contributed by atoms with E-state index in [-0.39, 0.29) is 0 Å². The van der Waals surface area contributed by atoms with Crippen molar-refractivity contribution in [2.45, 2.75) is 18.2 Å². The van der Waals surface area contributed by atoms with Crippen molar-refractivity contribution in [1.29, 1.82) is 0 Å². The van der Waals surface area contributed by atoms with E-state index in [1.54, 1.807) is 0 Å². The summed E-state index contributed by atoms with van der Waals surface area (Å²) in [6.07, 6.45) is 0. The Morgan fingerprint density at radius 2 is 2.18 bits per heavy atom. The number of nitrogens with two attached hydrogens (primary N) is 1. The van der Waals surface area contributed by atoms with Gasteiger partial charge in [0.25, 0.3) is 0 Å². The summed E-state index contributed by atoms with van der Waals surface area (Å²) in [6.45, 7) is 5.19. The molecule has 2 unspecified atom stereocenters. The van der Waals surface area contributed by atoms with E-state index >= 15 is 0 Å². The third-order valence-corrected chi connectivity index (χ3v) is 4.58. The molecule has 0 saturated carbocycles. The van der Waals surface area contributed by atoms with Gasteiger partial charge in [-0.25, -0.2) is 0 Å². The number of benzene rings is 1. The second-order valence-corrected chi connectivity index (χ2v) is 6.46. The highest BCUT2D eigenvalue weighted by Gasteiger charge is 2.24. The number of hydrogen-bond donors (Lipinski definition) is 1. The highest BCUT2D eigenvalue weighted by molar-refractivity contribution is 7.99. The van der Waals surface area contributed by atoms with Crippen LogP contribution < -0.4 is 5.73 Å². The van der Waals surface area contributed by atoms with Gasteiger partial charge in [0.2, 0.25) is 0 Å². The van der Waals surface area contributed by atoms with E-state index in [0.717, 1.165) is 18.1 Å². The lowest BCUT2D eigenvalue weighted by atomic mass is 10.1. The Labute approximate surface area is 113 Å². The van der Waals surface area contributed by atoms with Crippen molar-refractivity contribution in [2.75, 3.05) is 25.4 Å². The summed E-state index contributed by atoms with van der Waals surface area (Å²) in [5, 5.41) is 1.48. The topological polar surface area (TPSA) is 29.3 Å². The van der Waals surface area contributed by atoms with Gasteiger partial charge in [-0.2, -0.15) is 11.8 Å². The van der Waals surface area contributed by atoms with Gasteiger partial charge in [0.1, 0.15) is 0 Å². The number of halogens is 1. The highest BCUT2D eigenvalue weighted by atomic mass is 35.5. The first-order valence-electron chi connectivity index (χ1n) is 6.02. The lowest BCUT2D eigenvalue weighted by Gasteiger charge is -2.36. The molecule has 1 aromatic rings. The Hall–Kier alpha value is -0.220. The predicted octanol–water partition coefficient (Wildman–Crippen LogP) is 2.78. The molecule has 0 aromatic heterocycles. The Bertz CT molecular complexity index is 355. The summed E-state index contributed by atoms with van der Waals surface area (Å²) in [7, 11) is 0. The van der Waals surface area contributed by atoms with Gasteiger partial charge in [-0.1, -0.05) is 30.7 Å². The maximum atomic E-state index is 5.94. The minimum absolute atomic E-state index is 0.329. The minimum atomic E-state index is 0.329. The number of rotatable bonds is 3. The van der Waals surface area contributed by atoms with Crippen LogP contribution in [0.5, 0.6) is 0 Å². The SMILES string of the molecule is CC1CN(C(CN)c2ccc(Cl)cc2)CCS1. The number of thioether (sulfide) groups is 1. The second kappa shape index (κ2) is 6.10. The molecule has 2 nitrogen and oxygen atoms in total. The Morgan fingerprint density at radius 3 is 2.76 bits per heavy atom. The van der Waals surface area contributed by atoms with Crippen LogP contribution >= 0.6 is 23.4 Å². The summed E-state index contributed by atoms with van der Waals surface area (Å²) < 4.78 is 0. The van der Waals surface area contributed by atoms with Crippen LogP contribution in [0, 0.1) is 0 Å². The number of nitrogens with zero attached hydrogens (tertiary/aromatic N) is 1. The molecule has 1 aliphatic rings. The third kappa shape index (κ3) is 3.38. The molecule has 0 spiro atoms. The highest BCUT2D eigenvalue weighted by Crippen LogP contribution is 2.27. The number of hydrogen-bond acceptors (Lipinski definition) is 3. The summed E-state index contributed by atoms with van der Waals surface area (Å²) >= 11 is 7.96. The molecule has 0 amide bonds. The quantitative estimate of drug-likeness (QED) is 0.916. The zero-order valence-electron chi connectivity index (χ0n) is 10.1. The smallest absolute Gasteiger partial charge is 0.0471 e. The van der Waals surface area contributed by atoms with Crippen molar-refractivity contribution in [2.24, 2.45) is 5.73 Å². The van der Waals surface area contributed by atoms with Gasteiger partial charge in [-0.3, -0.25) is 4.90 Å². The molecule has 4 heteroatoms. The van der Waals surface area contributed by atoms with E-state index in [4.69, 9.17) is 17.3 Å². The first-order valence-corrected chi connectivity index (χ1v) is 7.44. The van der Waals surface area contributed by atoms with Crippen LogP contribution in [0.2, 0.25) is 5.02 Å². The fourth-order valence-corrected chi connectivity index (χ4v) is 3.47. The molecule has 0 bridgehead atoms. The predicted molar refractivity (Wildman–Crippen MR) is 76.7 cm³/mol. The van der Waals surface area contributed by atoms with E-state index in [1.165, 1.54) is 11.3 Å². The summed E-state index contributed by atoms with van der Waals surface area (Å²) in [5.74, 6) is 1.20. The molecule has 17 heavy (non-hydrogen) atoms. The maximum absolute atomic E-state index is 5.94. The van der Waals surface area contributed by atoms with Crippen molar-refractivity contribution < 1.29 is 0 Å². The third-order valence-electron chi connectivity index (χ3n) is 3.19. The largest absolute Gasteiger partial charge is 0.329 e. The van der Waals surface area contributed by atoms with E-state index in [9.17, 15) is 0 Å².